The summed E-state index contributed by atoms with van der Waals surface area (Å²) in [6.45, 7) is 11.8. The van der Waals surface area contributed by atoms with Gasteiger partial charge in [0, 0.05) is 44.7 Å². The van der Waals surface area contributed by atoms with E-state index in [9.17, 15) is 9.90 Å². The van der Waals surface area contributed by atoms with Gasteiger partial charge in [0.2, 0.25) is 6.79 Å². The van der Waals surface area contributed by atoms with E-state index < -0.39 is 5.60 Å². The van der Waals surface area contributed by atoms with E-state index in [0.717, 1.165) is 65.6 Å². The molecule has 1 amide bonds. The van der Waals surface area contributed by atoms with E-state index >= 15 is 0 Å². The number of carbonyl (C=O) groups is 1. The largest absolute Gasteiger partial charge is 0.507 e. The average Bonchev–Trinajstić information content (AvgIpc) is 3.29. The second-order valence-electron chi connectivity index (χ2n) is 9.62. The number of hydrogen-bond acceptors (Lipinski definition) is 6. The van der Waals surface area contributed by atoms with Crippen LogP contribution in [0.1, 0.15) is 41.2 Å². The van der Waals surface area contributed by atoms with Gasteiger partial charge in [0.25, 0.3) is 5.91 Å². The molecule has 1 N–H and O–H groups in total. The van der Waals surface area contributed by atoms with Gasteiger partial charge in [-0.2, -0.15) is 0 Å². The van der Waals surface area contributed by atoms with Crippen LogP contribution < -0.4 is 14.2 Å². The minimum absolute atomic E-state index is 0.0543. The number of hydrogen-bond donors (Lipinski definition) is 1. The molecule has 3 aliphatic rings. The number of ether oxygens (including phenoxy) is 3. The van der Waals surface area contributed by atoms with E-state index in [0.29, 0.717) is 25.3 Å². The van der Waals surface area contributed by atoms with Crippen LogP contribution in [-0.2, 0) is 17.8 Å². The van der Waals surface area contributed by atoms with Crippen molar-refractivity contribution in [3.8, 4) is 23.0 Å². The Hall–Kier alpha value is -2.93. The third-order valence-electron chi connectivity index (χ3n) is 7.47. The molecule has 1 saturated heterocycles. The predicted octanol–water partition coefficient (Wildman–Crippen LogP) is 3.47. The van der Waals surface area contributed by atoms with E-state index in [4.69, 9.17) is 14.2 Å². The Morgan fingerprint density at radius 3 is 2.52 bits per heavy atom. The van der Waals surface area contributed by atoms with Crippen molar-refractivity contribution in [2.45, 2.75) is 52.7 Å². The number of aromatic hydroxyl groups is 1. The smallest absolute Gasteiger partial charge is 0.266 e. The molecule has 1 fully saturated rings. The zero-order valence-corrected chi connectivity index (χ0v) is 19.9. The summed E-state index contributed by atoms with van der Waals surface area (Å²) in [4.78, 5) is 17.8. The lowest BCUT2D eigenvalue weighted by Crippen LogP contribution is -2.57. The summed E-state index contributed by atoms with van der Waals surface area (Å²) in [7, 11) is 0. The maximum atomic E-state index is 13.5. The van der Waals surface area contributed by atoms with Gasteiger partial charge in [-0.15, -0.1) is 0 Å². The number of carbonyl (C=O) groups excluding carboxylic acids is 1. The standard InChI is InChI=1S/C26H32N2O5/c1-16-17(2)24-20(18(3)23(16)29)7-8-26(4,33-24)25(30)28-11-9-27(10-12-28)14-19-5-6-21-22(13-19)32-15-31-21/h5-6,13,29H,7-12,14-15H2,1-4H3. The molecule has 0 aromatic heterocycles. The summed E-state index contributed by atoms with van der Waals surface area (Å²) in [5.41, 5.74) is 3.92. The van der Waals surface area contributed by atoms with Crippen molar-refractivity contribution < 1.29 is 24.1 Å². The molecule has 0 spiro atoms. The first-order valence-electron chi connectivity index (χ1n) is 11.7. The lowest BCUT2D eigenvalue weighted by molar-refractivity contribution is -0.150. The Morgan fingerprint density at radius 1 is 1.03 bits per heavy atom. The Balaban J connectivity index is 1.24. The third-order valence-corrected chi connectivity index (χ3v) is 7.47. The molecular formula is C26H32N2O5. The number of nitrogens with zero attached hydrogens (tertiary/aromatic N) is 2. The Morgan fingerprint density at radius 2 is 1.76 bits per heavy atom. The zero-order valence-electron chi connectivity index (χ0n) is 19.9. The summed E-state index contributed by atoms with van der Waals surface area (Å²) < 4.78 is 17.3. The number of piperazine rings is 1. The van der Waals surface area contributed by atoms with Crippen LogP contribution in [-0.4, -0.2) is 59.4 Å². The maximum Gasteiger partial charge on any atom is 0.266 e. The fourth-order valence-corrected chi connectivity index (χ4v) is 5.14. The number of benzene rings is 2. The van der Waals surface area contributed by atoms with Gasteiger partial charge < -0.3 is 24.2 Å². The van der Waals surface area contributed by atoms with Crippen LogP contribution in [0.3, 0.4) is 0 Å². The van der Waals surface area contributed by atoms with Gasteiger partial charge in [0.05, 0.1) is 0 Å². The van der Waals surface area contributed by atoms with Crippen LogP contribution in [0, 0.1) is 20.8 Å². The normalized spacial score (nSPS) is 22.1. The van der Waals surface area contributed by atoms with Crippen LogP contribution in [0.15, 0.2) is 18.2 Å². The minimum Gasteiger partial charge on any atom is -0.507 e. The van der Waals surface area contributed by atoms with Crippen molar-refractivity contribution in [3.05, 3.63) is 46.0 Å². The molecule has 1 atom stereocenters. The molecule has 2 aromatic rings. The SMILES string of the molecule is Cc1c(C)c2c(c(C)c1O)CCC(C)(C(=O)N1CCN(Cc3ccc4c(c3)OCO4)CC1)O2. The molecule has 3 heterocycles. The first-order valence-corrected chi connectivity index (χ1v) is 11.7. The molecule has 3 aliphatic heterocycles. The van der Waals surface area contributed by atoms with E-state index in [1.54, 1.807) is 0 Å². The second-order valence-corrected chi connectivity index (χ2v) is 9.62. The van der Waals surface area contributed by atoms with Crippen LogP contribution in [0.4, 0.5) is 0 Å². The molecule has 0 bridgehead atoms. The average molecular weight is 453 g/mol. The van der Waals surface area contributed by atoms with Crippen molar-refractivity contribution in [3.63, 3.8) is 0 Å². The molecule has 7 nitrogen and oxygen atoms in total. The molecule has 0 aliphatic carbocycles. The molecule has 5 rings (SSSR count). The van der Waals surface area contributed by atoms with Gasteiger partial charge in [-0.3, -0.25) is 9.69 Å². The van der Waals surface area contributed by atoms with Gasteiger partial charge in [-0.1, -0.05) is 6.07 Å². The van der Waals surface area contributed by atoms with E-state index in [2.05, 4.69) is 11.0 Å². The van der Waals surface area contributed by atoms with E-state index in [1.807, 2.05) is 44.7 Å². The number of phenols is 1. The highest BCUT2D eigenvalue weighted by atomic mass is 16.7. The molecule has 0 saturated carbocycles. The van der Waals surface area contributed by atoms with Crippen LogP contribution in [0.25, 0.3) is 0 Å². The topological polar surface area (TPSA) is 71.5 Å². The first kappa shape index (κ1) is 21.9. The van der Waals surface area contributed by atoms with Crippen molar-refractivity contribution >= 4 is 5.91 Å². The molecule has 2 aromatic carbocycles. The highest BCUT2D eigenvalue weighted by Crippen LogP contribution is 2.43. The van der Waals surface area contributed by atoms with E-state index in [-0.39, 0.29) is 12.7 Å². The highest BCUT2D eigenvalue weighted by Gasteiger charge is 2.43. The van der Waals surface area contributed by atoms with Crippen LogP contribution >= 0.6 is 0 Å². The van der Waals surface area contributed by atoms with Crippen molar-refractivity contribution in [1.82, 2.24) is 9.80 Å². The first-order chi connectivity index (χ1) is 15.8. The lowest BCUT2D eigenvalue weighted by atomic mass is 9.86. The quantitative estimate of drug-likeness (QED) is 0.769. The molecular weight excluding hydrogens is 420 g/mol. The van der Waals surface area contributed by atoms with Gasteiger partial charge >= 0.3 is 0 Å². The van der Waals surface area contributed by atoms with Crippen LogP contribution in [0.5, 0.6) is 23.0 Å². The number of amides is 1. The Kier molecular flexibility index (Phi) is 5.40. The monoisotopic (exact) mass is 452 g/mol. The summed E-state index contributed by atoms with van der Waals surface area (Å²) in [6, 6.07) is 6.07. The summed E-state index contributed by atoms with van der Waals surface area (Å²) >= 11 is 0. The summed E-state index contributed by atoms with van der Waals surface area (Å²) in [5.74, 6) is 2.76. The Labute approximate surface area is 194 Å². The number of rotatable bonds is 3. The van der Waals surface area contributed by atoms with E-state index in [1.165, 1.54) is 5.56 Å². The van der Waals surface area contributed by atoms with Crippen molar-refractivity contribution in [2.75, 3.05) is 33.0 Å². The summed E-state index contributed by atoms with van der Waals surface area (Å²) in [6.07, 6.45) is 1.33. The van der Waals surface area contributed by atoms with Gasteiger partial charge in [0.1, 0.15) is 11.5 Å². The number of phenolic OH excluding ortho intramolecular Hbond substituents is 1. The van der Waals surface area contributed by atoms with Gasteiger partial charge in [-0.25, -0.2) is 0 Å². The molecule has 7 heteroatoms. The molecule has 176 valence electrons. The zero-order chi connectivity index (χ0) is 23.3. The maximum absolute atomic E-state index is 13.5. The Bertz CT molecular complexity index is 1110. The lowest BCUT2D eigenvalue weighted by Gasteiger charge is -2.42. The predicted molar refractivity (Wildman–Crippen MR) is 124 cm³/mol. The fraction of sp³-hybridized carbons (Fsp3) is 0.500. The van der Waals surface area contributed by atoms with Crippen molar-refractivity contribution in [2.24, 2.45) is 0 Å². The molecule has 1 unspecified atom stereocenters. The van der Waals surface area contributed by atoms with Gasteiger partial charge in [-0.05, 0) is 68.5 Å². The minimum atomic E-state index is -0.882. The third kappa shape index (κ3) is 3.78. The molecule has 33 heavy (non-hydrogen) atoms. The second kappa shape index (κ2) is 8.13. The van der Waals surface area contributed by atoms with Crippen molar-refractivity contribution in [1.29, 1.82) is 0 Å². The number of fused-ring (bicyclic) bond motifs is 2. The van der Waals surface area contributed by atoms with Gasteiger partial charge in [0.15, 0.2) is 17.1 Å². The highest BCUT2D eigenvalue weighted by molar-refractivity contribution is 5.86. The van der Waals surface area contributed by atoms with Crippen LogP contribution in [0.2, 0.25) is 0 Å². The fourth-order valence-electron chi connectivity index (χ4n) is 5.14. The molecule has 0 radical (unpaired) electrons. The summed E-state index contributed by atoms with van der Waals surface area (Å²) in [5, 5.41) is 10.4.